The molecule has 0 aromatic rings. The first kappa shape index (κ1) is 15.4. The van der Waals surface area contributed by atoms with Crippen LogP contribution in [0.3, 0.4) is 0 Å². The highest BCUT2D eigenvalue weighted by Crippen LogP contribution is 2.23. The van der Waals surface area contributed by atoms with Crippen LogP contribution in [0.5, 0.6) is 0 Å². The van der Waals surface area contributed by atoms with Crippen molar-refractivity contribution in [3.05, 3.63) is 0 Å². The van der Waals surface area contributed by atoms with E-state index in [9.17, 15) is 4.79 Å². The number of hydrogen-bond acceptors (Lipinski definition) is 4. The van der Waals surface area contributed by atoms with Crippen LogP contribution in [0.2, 0.25) is 0 Å². The maximum atomic E-state index is 10.8. The van der Waals surface area contributed by atoms with Crippen molar-refractivity contribution < 1.29 is 19.4 Å². The lowest BCUT2D eigenvalue weighted by Crippen LogP contribution is -2.44. The minimum Gasteiger partial charge on any atom is -0.480 e. The summed E-state index contributed by atoms with van der Waals surface area (Å²) in [6, 6.07) is 0. The van der Waals surface area contributed by atoms with Crippen LogP contribution in [-0.2, 0) is 14.3 Å². The lowest BCUT2D eigenvalue weighted by Gasteiger charge is -2.28. The molecule has 5 heteroatoms. The van der Waals surface area contributed by atoms with Crippen molar-refractivity contribution in [3.8, 4) is 0 Å². The second-order valence-electron chi connectivity index (χ2n) is 5.34. The molecule has 0 aromatic heterocycles. The largest absolute Gasteiger partial charge is 0.480 e. The first-order valence-electron chi connectivity index (χ1n) is 6.62. The van der Waals surface area contributed by atoms with Gasteiger partial charge >= 0.3 is 5.97 Å². The molecule has 1 rings (SSSR count). The first-order chi connectivity index (χ1) is 8.45. The lowest BCUT2D eigenvalue weighted by molar-refractivity contribution is -0.143. The van der Waals surface area contributed by atoms with Gasteiger partial charge in [0.2, 0.25) is 0 Å². The molecule has 0 bridgehead atoms. The van der Waals surface area contributed by atoms with Gasteiger partial charge in [0, 0.05) is 13.7 Å². The highest BCUT2D eigenvalue weighted by atomic mass is 16.5. The maximum Gasteiger partial charge on any atom is 0.323 e. The van der Waals surface area contributed by atoms with Crippen molar-refractivity contribution >= 4 is 5.97 Å². The van der Waals surface area contributed by atoms with Crippen LogP contribution in [0.15, 0.2) is 0 Å². The van der Waals surface area contributed by atoms with Gasteiger partial charge in [-0.2, -0.15) is 0 Å². The van der Waals surface area contributed by atoms with Crippen LogP contribution in [0, 0.1) is 0 Å². The average molecular weight is 259 g/mol. The van der Waals surface area contributed by atoms with E-state index >= 15 is 0 Å². The Morgan fingerprint density at radius 2 is 2.11 bits per heavy atom. The Kier molecular flexibility index (Phi) is 6.05. The van der Waals surface area contributed by atoms with E-state index in [-0.39, 0.29) is 6.10 Å². The second kappa shape index (κ2) is 7.07. The number of carbonyl (C=O) groups is 1. The Labute approximate surface area is 109 Å². The molecule has 0 radical (unpaired) electrons. The molecule has 0 amide bonds. The molecule has 0 aliphatic heterocycles. The van der Waals surface area contributed by atoms with E-state index in [1.807, 2.05) is 0 Å². The van der Waals surface area contributed by atoms with Crippen LogP contribution >= 0.6 is 0 Å². The van der Waals surface area contributed by atoms with Gasteiger partial charge in [-0.1, -0.05) is 0 Å². The average Bonchev–Trinajstić information content (AvgIpc) is 2.35. The van der Waals surface area contributed by atoms with Crippen LogP contribution in [0.1, 0.15) is 45.4 Å². The zero-order chi connectivity index (χ0) is 13.6. The van der Waals surface area contributed by atoms with E-state index < -0.39 is 11.5 Å². The molecule has 0 saturated heterocycles. The normalized spacial score (nSPS) is 27.7. The number of carboxylic acid groups (broad SMARTS) is 1. The molecular weight excluding hydrogens is 234 g/mol. The smallest absolute Gasteiger partial charge is 0.323 e. The van der Waals surface area contributed by atoms with Crippen LogP contribution < -0.4 is 5.73 Å². The number of ether oxygens (including phenoxy) is 2. The summed E-state index contributed by atoms with van der Waals surface area (Å²) < 4.78 is 11.1. The van der Waals surface area contributed by atoms with Gasteiger partial charge in [0.25, 0.3) is 0 Å². The third-order valence-electron chi connectivity index (χ3n) is 3.59. The fourth-order valence-corrected chi connectivity index (χ4v) is 2.26. The minimum absolute atomic E-state index is 0.248. The first-order valence-corrected chi connectivity index (χ1v) is 6.62. The van der Waals surface area contributed by atoms with Crippen molar-refractivity contribution in [2.45, 2.75) is 63.2 Å². The molecular formula is C13H25NO4. The van der Waals surface area contributed by atoms with Gasteiger partial charge in [-0.15, -0.1) is 0 Å². The lowest BCUT2D eigenvalue weighted by atomic mass is 9.94. The van der Waals surface area contributed by atoms with Crippen molar-refractivity contribution in [1.29, 1.82) is 0 Å². The quantitative estimate of drug-likeness (QED) is 0.678. The number of carboxylic acids is 1. The number of methoxy groups -OCH3 is 1. The zero-order valence-electron chi connectivity index (χ0n) is 11.4. The highest BCUT2D eigenvalue weighted by molar-refractivity contribution is 5.77. The predicted octanol–water partition coefficient (Wildman–Crippen LogP) is 1.54. The standard InChI is InChI=1S/C13H25NO4/c1-13(14,12(15)16)7-4-8-18-11-6-3-5-10(9-11)17-2/h10-11H,3-9,14H2,1-2H3,(H,15,16). The summed E-state index contributed by atoms with van der Waals surface area (Å²) in [4.78, 5) is 10.8. The molecule has 0 aromatic carbocycles. The van der Waals surface area contributed by atoms with Gasteiger partial charge < -0.3 is 20.3 Å². The Bertz CT molecular complexity index is 268. The van der Waals surface area contributed by atoms with E-state index in [1.54, 1.807) is 7.11 Å². The molecule has 1 fully saturated rings. The van der Waals surface area contributed by atoms with E-state index in [1.165, 1.54) is 6.92 Å². The van der Waals surface area contributed by atoms with Crippen molar-refractivity contribution in [2.24, 2.45) is 5.73 Å². The fraction of sp³-hybridized carbons (Fsp3) is 0.923. The number of nitrogens with two attached hydrogens (primary N) is 1. The molecule has 1 saturated carbocycles. The van der Waals surface area contributed by atoms with Gasteiger partial charge in [0.05, 0.1) is 12.2 Å². The Morgan fingerprint density at radius 1 is 1.44 bits per heavy atom. The zero-order valence-corrected chi connectivity index (χ0v) is 11.4. The Morgan fingerprint density at radius 3 is 2.72 bits per heavy atom. The molecule has 0 heterocycles. The molecule has 1 aliphatic rings. The van der Waals surface area contributed by atoms with Gasteiger partial charge in [-0.25, -0.2) is 0 Å². The molecule has 1 aliphatic carbocycles. The minimum atomic E-state index is -1.15. The van der Waals surface area contributed by atoms with Gasteiger partial charge in [-0.3, -0.25) is 4.79 Å². The van der Waals surface area contributed by atoms with Crippen molar-refractivity contribution in [3.63, 3.8) is 0 Å². The summed E-state index contributed by atoms with van der Waals surface area (Å²) in [5.41, 5.74) is 4.50. The Hall–Kier alpha value is -0.650. The number of rotatable bonds is 7. The van der Waals surface area contributed by atoms with Crippen molar-refractivity contribution in [2.75, 3.05) is 13.7 Å². The molecule has 3 N–H and O–H groups in total. The topological polar surface area (TPSA) is 81.8 Å². The summed E-state index contributed by atoms with van der Waals surface area (Å²) >= 11 is 0. The third kappa shape index (κ3) is 4.92. The van der Waals surface area contributed by atoms with Crippen LogP contribution in [-0.4, -0.2) is 42.5 Å². The SMILES string of the molecule is COC1CCCC(OCCCC(C)(N)C(=O)O)C1. The van der Waals surface area contributed by atoms with Crippen LogP contribution in [0.25, 0.3) is 0 Å². The second-order valence-corrected chi connectivity index (χ2v) is 5.34. The van der Waals surface area contributed by atoms with Crippen LogP contribution in [0.4, 0.5) is 0 Å². The van der Waals surface area contributed by atoms with E-state index in [2.05, 4.69) is 0 Å². The summed E-state index contributed by atoms with van der Waals surface area (Å²) in [6.45, 7) is 2.11. The number of hydrogen-bond donors (Lipinski definition) is 2. The van der Waals surface area contributed by atoms with Gasteiger partial charge in [-0.05, 0) is 45.4 Å². The summed E-state index contributed by atoms with van der Waals surface area (Å²) in [6.07, 6.45) is 5.91. The van der Waals surface area contributed by atoms with Gasteiger partial charge in [0.1, 0.15) is 5.54 Å². The molecule has 18 heavy (non-hydrogen) atoms. The summed E-state index contributed by atoms with van der Waals surface area (Å²) in [5, 5.41) is 8.87. The van der Waals surface area contributed by atoms with E-state index in [0.717, 1.165) is 25.7 Å². The molecule has 3 unspecified atom stereocenters. The molecule has 106 valence electrons. The highest BCUT2D eigenvalue weighted by Gasteiger charge is 2.27. The fourth-order valence-electron chi connectivity index (χ4n) is 2.26. The molecule has 0 spiro atoms. The monoisotopic (exact) mass is 259 g/mol. The predicted molar refractivity (Wildman–Crippen MR) is 68.5 cm³/mol. The van der Waals surface area contributed by atoms with Crippen molar-refractivity contribution in [1.82, 2.24) is 0 Å². The summed E-state index contributed by atoms with van der Waals surface area (Å²) in [7, 11) is 1.74. The third-order valence-corrected chi connectivity index (χ3v) is 3.59. The van der Waals surface area contributed by atoms with E-state index in [4.69, 9.17) is 20.3 Å². The maximum absolute atomic E-state index is 10.8. The summed E-state index contributed by atoms with van der Waals surface area (Å²) in [5.74, 6) is -0.959. The Balaban J connectivity index is 2.16. The molecule has 3 atom stereocenters. The van der Waals surface area contributed by atoms with Gasteiger partial charge in [0.15, 0.2) is 0 Å². The van der Waals surface area contributed by atoms with E-state index in [0.29, 0.717) is 25.6 Å². The molecule has 5 nitrogen and oxygen atoms in total. The number of aliphatic carboxylic acids is 1.